The molecule has 0 aliphatic heterocycles. The SMILES string of the molecule is COC(=O)c1ccc(N)c(NC(C(N)=O)C(C)C)c1. The summed E-state index contributed by atoms with van der Waals surface area (Å²) in [6.07, 6.45) is 0. The monoisotopic (exact) mass is 265 g/mol. The average Bonchev–Trinajstić information content (AvgIpc) is 2.35. The van der Waals surface area contributed by atoms with Crippen LogP contribution >= 0.6 is 0 Å². The van der Waals surface area contributed by atoms with Gasteiger partial charge < -0.3 is 21.5 Å². The second kappa shape index (κ2) is 6.08. The van der Waals surface area contributed by atoms with Gasteiger partial charge in [0.05, 0.1) is 24.0 Å². The van der Waals surface area contributed by atoms with E-state index in [1.54, 1.807) is 18.2 Å². The molecule has 0 saturated heterocycles. The number of nitrogen functional groups attached to an aromatic ring is 1. The molecule has 104 valence electrons. The summed E-state index contributed by atoms with van der Waals surface area (Å²) in [5, 5.41) is 2.96. The molecule has 0 spiro atoms. The normalized spacial score (nSPS) is 12.0. The van der Waals surface area contributed by atoms with Crippen LogP contribution < -0.4 is 16.8 Å². The molecule has 1 rings (SSSR count). The van der Waals surface area contributed by atoms with E-state index in [0.29, 0.717) is 16.9 Å². The highest BCUT2D eigenvalue weighted by Crippen LogP contribution is 2.22. The summed E-state index contributed by atoms with van der Waals surface area (Å²) in [5.74, 6) is -0.945. The van der Waals surface area contributed by atoms with Gasteiger partial charge in [0.1, 0.15) is 6.04 Å². The lowest BCUT2D eigenvalue weighted by atomic mass is 10.0. The minimum absolute atomic E-state index is 0.00122. The van der Waals surface area contributed by atoms with Crippen molar-refractivity contribution >= 4 is 23.3 Å². The van der Waals surface area contributed by atoms with Crippen molar-refractivity contribution in [2.45, 2.75) is 19.9 Å². The molecule has 1 atom stereocenters. The van der Waals surface area contributed by atoms with E-state index in [0.717, 1.165) is 0 Å². The van der Waals surface area contributed by atoms with E-state index in [-0.39, 0.29) is 5.92 Å². The first-order chi connectivity index (χ1) is 8.86. The minimum atomic E-state index is -0.560. The largest absolute Gasteiger partial charge is 0.465 e. The first-order valence-electron chi connectivity index (χ1n) is 5.90. The van der Waals surface area contributed by atoms with Crippen LogP contribution in [0.15, 0.2) is 18.2 Å². The van der Waals surface area contributed by atoms with Crippen LogP contribution in [0.5, 0.6) is 0 Å². The molecule has 0 radical (unpaired) electrons. The highest BCUT2D eigenvalue weighted by Gasteiger charge is 2.20. The topological polar surface area (TPSA) is 107 Å². The quantitative estimate of drug-likeness (QED) is 0.543. The maximum absolute atomic E-state index is 11.4. The number of carbonyl (C=O) groups is 2. The van der Waals surface area contributed by atoms with Crippen molar-refractivity contribution in [2.24, 2.45) is 11.7 Å². The van der Waals surface area contributed by atoms with Crippen LogP contribution in [0.1, 0.15) is 24.2 Å². The van der Waals surface area contributed by atoms with Gasteiger partial charge in [0.15, 0.2) is 0 Å². The lowest BCUT2D eigenvalue weighted by molar-refractivity contribution is -0.119. The Morgan fingerprint density at radius 1 is 1.32 bits per heavy atom. The predicted octanol–water partition coefficient (Wildman–Crippen LogP) is 0.977. The summed E-state index contributed by atoms with van der Waals surface area (Å²) in [6, 6.07) is 4.11. The second-order valence-electron chi connectivity index (χ2n) is 4.56. The molecule has 6 nitrogen and oxygen atoms in total. The first-order valence-corrected chi connectivity index (χ1v) is 5.90. The van der Waals surface area contributed by atoms with Crippen molar-refractivity contribution in [3.63, 3.8) is 0 Å². The zero-order valence-electron chi connectivity index (χ0n) is 11.3. The molecule has 0 aromatic heterocycles. The number of primary amides is 1. The molecular weight excluding hydrogens is 246 g/mol. The van der Waals surface area contributed by atoms with Crippen molar-refractivity contribution in [2.75, 3.05) is 18.2 Å². The molecule has 1 aromatic rings. The van der Waals surface area contributed by atoms with Crippen LogP contribution in [-0.4, -0.2) is 25.0 Å². The van der Waals surface area contributed by atoms with Crippen molar-refractivity contribution in [3.8, 4) is 0 Å². The molecule has 0 bridgehead atoms. The van der Waals surface area contributed by atoms with Gasteiger partial charge >= 0.3 is 5.97 Å². The number of nitrogens with one attached hydrogen (secondary N) is 1. The van der Waals surface area contributed by atoms with Gasteiger partial charge in [0, 0.05) is 0 Å². The van der Waals surface area contributed by atoms with Crippen molar-refractivity contribution in [3.05, 3.63) is 23.8 Å². The molecule has 5 N–H and O–H groups in total. The van der Waals surface area contributed by atoms with E-state index in [2.05, 4.69) is 10.1 Å². The predicted molar refractivity (Wildman–Crippen MR) is 73.6 cm³/mol. The summed E-state index contributed by atoms with van der Waals surface area (Å²) in [4.78, 5) is 22.8. The van der Waals surface area contributed by atoms with Gasteiger partial charge in [0.25, 0.3) is 0 Å². The molecule has 0 aliphatic rings. The van der Waals surface area contributed by atoms with E-state index in [1.165, 1.54) is 7.11 Å². The zero-order valence-corrected chi connectivity index (χ0v) is 11.3. The number of hydrogen-bond acceptors (Lipinski definition) is 5. The van der Waals surface area contributed by atoms with Crippen molar-refractivity contribution in [1.82, 2.24) is 0 Å². The third-order valence-electron chi connectivity index (χ3n) is 2.76. The molecule has 0 saturated carbocycles. The van der Waals surface area contributed by atoms with Crippen molar-refractivity contribution < 1.29 is 14.3 Å². The Kier molecular flexibility index (Phi) is 4.74. The van der Waals surface area contributed by atoms with E-state index < -0.39 is 17.9 Å². The number of carbonyl (C=O) groups excluding carboxylic acids is 2. The third-order valence-corrected chi connectivity index (χ3v) is 2.76. The molecule has 19 heavy (non-hydrogen) atoms. The van der Waals surface area contributed by atoms with E-state index >= 15 is 0 Å². The summed E-state index contributed by atoms with van der Waals surface area (Å²) in [5.41, 5.74) is 12.4. The number of amides is 1. The van der Waals surface area contributed by atoms with Crippen LogP contribution in [0.4, 0.5) is 11.4 Å². The van der Waals surface area contributed by atoms with Crippen LogP contribution in [0, 0.1) is 5.92 Å². The van der Waals surface area contributed by atoms with Gasteiger partial charge in [-0.05, 0) is 24.1 Å². The maximum Gasteiger partial charge on any atom is 0.337 e. The summed E-state index contributed by atoms with van der Waals surface area (Å²) in [6.45, 7) is 3.73. The van der Waals surface area contributed by atoms with E-state index in [4.69, 9.17) is 11.5 Å². The van der Waals surface area contributed by atoms with E-state index in [9.17, 15) is 9.59 Å². The lowest BCUT2D eigenvalue weighted by Crippen LogP contribution is -2.39. The fourth-order valence-corrected chi connectivity index (χ4v) is 1.66. The van der Waals surface area contributed by atoms with Crippen LogP contribution in [-0.2, 0) is 9.53 Å². The third kappa shape index (κ3) is 3.61. The standard InChI is InChI=1S/C13H19N3O3/c1-7(2)11(12(15)17)16-10-6-8(13(18)19-3)4-5-9(10)14/h4-7,11,16H,14H2,1-3H3,(H2,15,17). The second-order valence-corrected chi connectivity index (χ2v) is 4.56. The molecule has 0 aliphatic carbocycles. The Bertz CT molecular complexity index is 486. The number of benzene rings is 1. The molecule has 1 aromatic carbocycles. The number of hydrogen-bond donors (Lipinski definition) is 3. The average molecular weight is 265 g/mol. The zero-order chi connectivity index (χ0) is 14.6. The molecule has 0 fully saturated rings. The van der Waals surface area contributed by atoms with Crippen LogP contribution in [0.2, 0.25) is 0 Å². The molecule has 0 heterocycles. The highest BCUT2D eigenvalue weighted by atomic mass is 16.5. The molecule has 1 unspecified atom stereocenters. The lowest BCUT2D eigenvalue weighted by Gasteiger charge is -2.21. The Labute approximate surface area is 112 Å². The number of rotatable bonds is 5. The summed E-state index contributed by atoms with van der Waals surface area (Å²) in [7, 11) is 1.30. The Morgan fingerprint density at radius 2 is 1.95 bits per heavy atom. The molecule has 6 heteroatoms. The fourth-order valence-electron chi connectivity index (χ4n) is 1.66. The number of methoxy groups -OCH3 is 1. The van der Waals surface area contributed by atoms with Gasteiger partial charge in [-0.25, -0.2) is 4.79 Å². The smallest absolute Gasteiger partial charge is 0.337 e. The van der Waals surface area contributed by atoms with Crippen LogP contribution in [0.3, 0.4) is 0 Å². The first kappa shape index (κ1) is 14.8. The Morgan fingerprint density at radius 3 is 2.42 bits per heavy atom. The highest BCUT2D eigenvalue weighted by molar-refractivity contribution is 5.92. The molecule has 1 amide bonds. The minimum Gasteiger partial charge on any atom is -0.465 e. The van der Waals surface area contributed by atoms with Crippen LogP contribution in [0.25, 0.3) is 0 Å². The number of nitrogens with two attached hydrogens (primary N) is 2. The van der Waals surface area contributed by atoms with E-state index in [1.807, 2.05) is 13.8 Å². The number of anilines is 2. The van der Waals surface area contributed by atoms with Gasteiger partial charge in [-0.2, -0.15) is 0 Å². The summed E-state index contributed by atoms with van der Waals surface area (Å²) >= 11 is 0. The number of esters is 1. The fraction of sp³-hybridized carbons (Fsp3) is 0.385. The Balaban J connectivity index is 3.05. The van der Waals surface area contributed by atoms with Crippen molar-refractivity contribution in [1.29, 1.82) is 0 Å². The Hall–Kier alpha value is -2.24. The van der Waals surface area contributed by atoms with Gasteiger partial charge in [-0.15, -0.1) is 0 Å². The number of ether oxygens (including phenoxy) is 1. The maximum atomic E-state index is 11.4. The van der Waals surface area contributed by atoms with Gasteiger partial charge in [0.2, 0.25) is 5.91 Å². The molecular formula is C13H19N3O3. The van der Waals surface area contributed by atoms with Gasteiger partial charge in [-0.1, -0.05) is 13.8 Å². The summed E-state index contributed by atoms with van der Waals surface area (Å²) < 4.78 is 4.63. The van der Waals surface area contributed by atoms with Gasteiger partial charge in [-0.3, -0.25) is 4.79 Å².